The van der Waals surface area contributed by atoms with Gasteiger partial charge in [0.1, 0.15) is 11.3 Å². The fourth-order valence-electron chi connectivity index (χ4n) is 2.28. The molecule has 1 fully saturated rings. The summed E-state index contributed by atoms with van der Waals surface area (Å²) in [6.45, 7) is 0. The van der Waals surface area contributed by atoms with Crippen LogP contribution >= 0.6 is 27.5 Å². The van der Waals surface area contributed by atoms with Gasteiger partial charge in [0.2, 0.25) is 0 Å². The molecular formula is C13H11BrClFN2. The zero-order valence-corrected chi connectivity index (χ0v) is 11.7. The van der Waals surface area contributed by atoms with Gasteiger partial charge >= 0.3 is 0 Å². The molecule has 0 spiro atoms. The smallest absolute Gasteiger partial charge is 0.149 e. The van der Waals surface area contributed by atoms with Crippen molar-refractivity contribution in [3.8, 4) is 0 Å². The van der Waals surface area contributed by atoms with Crippen molar-refractivity contribution in [3.63, 3.8) is 0 Å². The number of nitrogens with one attached hydrogen (secondary N) is 1. The van der Waals surface area contributed by atoms with E-state index in [1.165, 1.54) is 6.07 Å². The number of anilines is 1. The van der Waals surface area contributed by atoms with Crippen LogP contribution in [0.1, 0.15) is 6.42 Å². The van der Waals surface area contributed by atoms with Crippen LogP contribution < -0.4 is 10.4 Å². The standard InChI is InChI=1S/C13H11BrClFN2/c14-8-5-6-12(10(16)7-8)18-13(15)9-3-1-2-4-11(9)17-18/h1-2,4-7,9,13,17H,3H2. The maximum absolute atomic E-state index is 13.9. The number of allylic oxidation sites excluding steroid dienone is 3. The molecule has 2 aliphatic rings. The van der Waals surface area contributed by atoms with Crippen molar-refractivity contribution in [2.45, 2.75) is 11.9 Å². The summed E-state index contributed by atoms with van der Waals surface area (Å²) in [6.07, 6.45) is 6.93. The van der Waals surface area contributed by atoms with Crippen molar-refractivity contribution in [2.24, 2.45) is 5.92 Å². The first kappa shape index (κ1) is 12.1. The summed E-state index contributed by atoms with van der Waals surface area (Å²) in [7, 11) is 0. The Kier molecular flexibility index (Phi) is 3.08. The molecule has 0 amide bonds. The fraction of sp³-hybridized carbons (Fsp3) is 0.231. The highest BCUT2D eigenvalue weighted by atomic mass is 79.9. The molecule has 3 rings (SSSR count). The molecule has 5 heteroatoms. The highest BCUT2D eigenvalue weighted by Crippen LogP contribution is 2.37. The number of benzene rings is 1. The second kappa shape index (κ2) is 4.59. The second-order valence-electron chi connectivity index (χ2n) is 4.34. The van der Waals surface area contributed by atoms with Gasteiger partial charge in [0.05, 0.1) is 5.69 Å². The lowest BCUT2D eigenvalue weighted by molar-refractivity contribution is 0.600. The van der Waals surface area contributed by atoms with Gasteiger partial charge in [0.15, 0.2) is 0 Å². The number of rotatable bonds is 1. The molecule has 1 aliphatic heterocycles. The summed E-state index contributed by atoms with van der Waals surface area (Å²) in [5, 5.41) is 1.69. The zero-order valence-electron chi connectivity index (χ0n) is 9.41. The van der Waals surface area contributed by atoms with Crippen molar-refractivity contribution < 1.29 is 4.39 Å². The van der Waals surface area contributed by atoms with Crippen LogP contribution in [-0.4, -0.2) is 5.50 Å². The van der Waals surface area contributed by atoms with Crippen molar-refractivity contribution in [1.82, 2.24) is 5.43 Å². The molecule has 1 N–H and O–H groups in total. The Balaban J connectivity index is 1.94. The first-order chi connectivity index (χ1) is 8.66. The predicted molar refractivity (Wildman–Crippen MR) is 74.7 cm³/mol. The van der Waals surface area contributed by atoms with Gasteiger partial charge in [-0.3, -0.25) is 5.01 Å². The van der Waals surface area contributed by atoms with Crippen LogP contribution in [0.25, 0.3) is 0 Å². The van der Waals surface area contributed by atoms with Crippen LogP contribution in [0.2, 0.25) is 0 Å². The molecule has 0 aromatic heterocycles. The minimum absolute atomic E-state index is 0.194. The Labute approximate surface area is 118 Å². The minimum Gasteiger partial charge on any atom is -0.301 e. The Morgan fingerprint density at radius 2 is 2.28 bits per heavy atom. The number of fused-ring (bicyclic) bond motifs is 1. The number of nitrogens with zero attached hydrogens (tertiary/aromatic N) is 1. The van der Waals surface area contributed by atoms with Gasteiger partial charge in [-0.2, -0.15) is 0 Å². The molecule has 0 saturated carbocycles. The van der Waals surface area contributed by atoms with Crippen molar-refractivity contribution in [2.75, 3.05) is 5.01 Å². The van der Waals surface area contributed by atoms with Gasteiger partial charge in [-0.25, -0.2) is 4.39 Å². The van der Waals surface area contributed by atoms with Gasteiger partial charge < -0.3 is 5.43 Å². The molecule has 18 heavy (non-hydrogen) atoms. The van der Waals surface area contributed by atoms with E-state index in [1.807, 2.05) is 12.2 Å². The average molecular weight is 330 g/mol. The summed E-state index contributed by atoms with van der Waals surface area (Å²) < 4.78 is 14.7. The molecule has 1 aromatic carbocycles. The summed E-state index contributed by atoms with van der Waals surface area (Å²) in [4.78, 5) is 0. The van der Waals surface area contributed by atoms with Crippen molar-refractivity contribution in [1.29, 1.82) is 0 Å². The Morgan fingerprint density at radius 1 is 1.44 bits per heavy atom. The Bertz CT molecular complexity index is 544. The van der Waals surface area contributed by atoms with E-state index in [-0.39, 0.29) is 17.2 Å². The molecule has 1 aliphatic carbocycles. The molecular weight excluding hydrogens is 319 g/mol. The first-order valence-corrected chi connectivity index (χ1v) is 6.91. The molecule has 1 heterocycles. The lowest BCUT2D eigenvalue weighted by atomic mass is 9.98. The lowest BCUT2D eigenvalue weighted by Crippen LogP contribution is -2.35. The van der Waals surface area contributed by atoms with E-state index >= 15 is 0 Å². The normalized spacial score (nSPS) is 25.7. The highest BCUT2D eigenvalue weighted by molar-refractivity contribution is 9.10. The molecule has 2 atom stereocenters. The van der Waals surface area contributed by atoms with Crippen molar-refractivity contribution in [3.05, 3.63) is 52.4 Å². The Morgan fingerprint density at radius 3 is 3.00 bits per heavy atom. The monoisotopic (exact) mass is 328 g/mol. The molecule has 1 aromatic rings. The van der Waals surface area contributed by atoms with Crippen LogP contribution in [0.15, 0.2) is 46.6 Å². The van der Waals surface area contributed by atoms with E-state index < -0.39 is 0 Å². The van der Waals surface area contributed by atoms with Crippen LogP contribution in [0.5, 0.6) is 0 Å². The van der Waals surface area contributed by atoms with E-state index in [0.29, 0.717) is 10.2 Å². The van der Waals surface area contributed by atoms with E-state index in [0.717, 1.165) is 12.1 Å². The topological polar surface area (TPSA) is 15.3 Å². The number of halogens is 3. The van der Waals surface area contributed by atoms with E-state index in [4.69, 9.17) is 11.6 Å². The van der Waals surface area contributed by atoms with E-state index in [1.54, 1.807) is 17.1 Å². The molecule has 0 bridgehead atoms. The van der Waals surface area contributed by atoms with Gasteiger partial charge in [0.25, 0.3) is 0 Å². The molecule has 94 valence electrons. The molecule has 2 nitrogen and oxygen atoms in total. The van der Waals surface area contributed by atoms with Crippen LogP contribution in [-0.2, 0) is 0 Å². The van der Waals surface area contributed by atoms with E-state index in [2.05, 4.69) is 27.4 Å². The van der Waals surface area contributed by atoms with Gasteiger partial charge in [-0.15, -0.1) is 0 Å². The van der Waals surface area contributed by atoms with E-state index in [9.17, 15) is 4.39 Å². The van der Waals surface area contributed by atoms with Crippen molar-refractivity contribution >= 4 is 33.2 Å². The summed E-state index contributed by atoms with van der Waals surface area (Å²) >= 11 is 9.66. The summed E-state index contributed by atoms with van der Waals surface area (Å²) in [5.74, 6) is -0.102. The second-order valence-corrected chi connectivity index (χ2v) is 5.71. The third-order valence-corrected chi connectivity index (χ3v) is 4.19. The number of hydrogen-bond donors (Lipinski definition) is 1. The van der Waals surface area contributed by atoms with Crippen LogP contribution in [0.3, 0.4) is 0 Å². The largest absolute Gasteiger partial charge is 0.301 e. The third kappa shape index (κ3) is 1.93. The maximum Gasteiger partial charge on any atom is 0.149 e. The van der Waals surface area contributed by atoms with Crippen LogP contribution in [0, 0.1) is 11.7 Å². The average Bonchev–Trinajstić information content (AvgIpc) is 2.68. The molecule has 1 saturated heterocycles. The minimum atomic E-state index is -0.297. The SMILES string of the molecule is Fc1cc(Br)ccc1N1NC2=CC=CCC2C1Cl. The third-order valence-electron chi connectivity index (χ3n) is 3.20. The Hall–Kier alpha value is -1.00. The maximum atomic E-state index is 13.9. The first-order valence-electron chi connectivity index (χ1n) is 5.68. The van der Waals surface area contributed by atoms with Gasteiger partial charge in [-0.05, 0) is 30.7 Å². The quantitative estimate of drug-likeness (QED) is 0.620. The highest BCUT2D eigenvalue weighted by Gasteiger charge is 2.37. The van der Waals surface area contributed by atoms with Gasteiger partial charge in [0, 0.05) is 16.1 Å². The number of hydrogen-bond acceptors (Lipinski definition) is 2. The summed E-state index contributed by atoms with van der Waals surface area (Å²) in [6, 6.07) is 4.96. The predicted octanol–water partition coefficient (Wildman–Crippen LogP) is 3.94. The van der Waals surface area contributed by atoms with Crippen LogP contribution in [0.4, 0.5) is 10.1 Å². The molecule has 2 unspecified atom stereocenters. The molecule has 0 radical (unpaired) electrons. The fourth-order valence-corrected chi connectivity index (χ4v) is 3.00. The lowest BCUT2D eigenvalue weighted by Gasteiger charge is -2.23. The number of alkyl halides is 1. The van der Waals surface area contributed by atoms with Gasteiger partial charge in [-0.1, -0.05) is 39.7 Å². The summed E-state index contributed by atoms with van der Waals surface area (Å²) in [5.41, 5.74) is 4.40. The number of hydrazine groups is 1. The zero-order chi connectivity index (χ0) is 12.7.